The zero-order valence-corrected chi connectivity index (χ0v) is 10.4. The van der Waals surface area contributed by atoms with Crippen LogP contribution in [0, 0.1) is 6.92 Å². The quantitative estimate of drug-likeness (QED) is 0.853. The van der Waals surface area contributed by atoms with Crippen molar-refractivity contribution in [1.82, 2.24) is 15.0 Å². The Morgan fingerprint density at radius 2 is 2.11 bits per heavy atom. The number of hydrogen-bond acceptors (Lipinski definition) is 6. The molecule has 0 aromatic carbocycles. The first kappa shape index (κ1) is 12.7. The van der Waals surface area contributed by atoms with Crippen LogP contribution in [0.15, 0.2) is 24.7 Å². The van der Waals surface area contributed by atoms with E-state index in [0.717, 1.165) is 0 Å². The Kier molecular flexibility index (Phi) is 3.56. The SMILES string of the molecule is COC(=O)Nc1cc(-c2cnc(O)c(C)c2)ncn1. The molecule has 0 spiro atoms. The zero-order chi connectivity index (χ0) is 13.8. The van der Waals surface area contributed by atoms with Gasteiger partial charge in [0.1, 0.15) is 12.1 Å². The van der Waals surface area contributed by atoms with Crippen molar-refractivity contribution in [3.05, 3.63) is 30.2 Å². The molecule has 0 aliphatic heterocycles. The molecule has 0 aliphatic rings. The third-order valence-corrected chi connectivity index (χ3v) is 2.43. The number of hydrogen-bond donors (Lipinski definition) is 2. The van der Waals surface area contributed by atoms with Gasteiger partial charge in [0.05, 0.1) is 12.8 Å². The second-order valence-corrected chi connectivity index (χ2v) is 3.77. The molecule has 19 heavy (non-hydrogen) atoms. The van der Waals surface area contributed by atoms with E-state index in [4.69, 9.17) is 0 Å². The van der Waals surface area contributed by atoms with Gasteiger partial charge in [0.25, 0.3) is 0 Å². The Hall–Kier alpha value is -2.70. The lowest BCUT2D eigenvalue weighted by molar-refractivity contribution is 0.187. The third kappa shape index (κ3) is 2.95. The number of rotatable bonds is 2. The van der Waals surface area contributed by atoms with Crippen molar-refractivity contribution in [2.75, 3.05) is 12.4 Å². The number of ether oxygens (including phenoxy) is 1. The van der Waals surface area contributed by atoms with Crippen LogP contribution in [0.1, 0.15) is 5.56 Å². The summed E-state index contributed by atoms with van der Waals surface area (Å²) < 4.78 is 4.48. The minimum absolute atomic E-state index is 0.0225. The van der Waals surface area contributed by atoms with E-state index in [0.29, 0.717) is 22.6 Å². The van der Waals surface area contributed by atoms with Crippen LogP contribution in [0.5, 0.6) is 5.88 Å². The van der Waals surface area contributed by atoms with Crippen LogP contribution in [0.25, 0.3) is 11.3 Å². The number of aromatic hydroxyl groups is 1. The van der Waals surface area contributed by atoms with E-state index in [1.54, 1.807) is 19.1 Å². The van der Waals surface area contributed by atoms with Crippen LogP contribution in [0.2, 0.25) is 0 Å². The van der Waals surface area contributed by atoms with Crippen molar-refractivity contribution >= 4 is 11.9 Å². The molecule has 2 heterocycles. The molecule has 2 aromatic heterocycles. The molecule has 0 saturated carbocycles. The highest BCUT2D eigenvalue weighted by Gasteiger charge is 2.07. The van der Waals surface area contributed by atoms with Crippen LogP contribution in [0.3, 0.4) is 0 Å². The summed E-state index contributed by atoms with van der Waals surface area (Å²) in [7, 11) is 1.27. The van der Waals surface area contributed by atoms with Gasteiger partial charge in [-0.2, -0.15) is 0 Å². The highest BCUT2D eigenvalue weighted by atomic mass is 16.5. The minimum atomic E-state index is -0.607. The van der Waals surface area contributed by atoms with Gasteiger partial charge in [-0.3, -0.25) is 5.32 Å². The molecule has 7 heteroatoms. The maximum atomic E-state index is 11.1. The molecule has 0 unspecified atom stereocenters. The monoisotopic (exact) mass is 260 g/mol. The third-order valence-electron chi connectivity index (χ3n) is 2.43. The van der Waals surface area contributed by atoms with Gasteiger partial charge in [-0.05, 0) is 13.0 Å². The summed E-state index contributed by atoms with van der Waals surface area (Å²) in [5, 5.41) is 11.8. The van der Waals surface area contributed by atoms with Gasteiger partial charge in [-0.15, -0.1) is 0 Å². The molecular weight excluding hydrogens is 248 g/mol. The van der Waals surface area contributed by atoms with Crippen molar-refractivity contribution in [3.63, 3.8) is 0 Å². The fraction of sp³-hybridized carbons (Fsp3) is 0.167. The number of nitrogens with one attached hydrogen (secondary N) is 1. The Labute approximate surface area is 109 Å². The minimum Gasteiger partial charge on any atom is -0.493 e. The van der Waals surface area contributed by atoms with Gasteiger partial charge >= 0.3 is 6.09 Å². The van der Waals surface area contributed by atoms with Crippen molar-refractivity contribution in [1.29, 1.82) is 0 Å². The number of amides is 1. The summed E-state index contributed by atoms with van der Waals surface area (Å²) in [6, 6.07) is 3.33. The molecule has 1 amide bonds. The number of pyridine rings is 1. The van der Waals surface area contributed by atoms with E-state index in [1.807, 2.05) is 0 Å². The van der Waals surface area contributed by atoms with Gasteiger partial charge in [-0.1, -0.05) is 0 Å². The molecule has 2 aromatic rings. The van der Waals surface area contributed by atoms with Crippen molar-refractivity contribution < 1.29 is 14.6 Å². The highest BCUT2D eigenvalue weighted by Crippen LogP contribution is 2.22. The molecule has 7 nitrogen and oxygen atoms in total. The lowest BCUT2D eigenvalue weighted by Gasteiger charge is -2.06. The van der Waals surface area contributed by atoms with E-state index in [9.17, 15) is 9.90 Å². The number of carbonyl (C=O) groups is 1. The maximum absolute atomic E-state index is 11.1. The molecule has 0 bridgehead atoms. The van der Waals surface area contributed by atoms with Crippen molar-refractivity contribution in [3.8, 4) is 17.1 Å². The van der Waals surface area contributed by atoms with Crippen LogP contribution >= 0.6 is 0 Å². The summed E-state index contributed by atoms with van der Waals surface area (Å²) in [5.74, 6) is 0.299. The number of methoxy groups -OCH3 is 1. The van der Waals surface area contributed by atoms with E-state index >= 15 is 0 Å². The van der Waals surface area contributed by atoms with Crippen LogP contribution in [-0.2, 0) is 4.74 Å². The number of carbonyl (C=O) groups excluding carboxylic acids is 1. The number of aromatic nitrogens is 3. The van der Waals surface area contributed by atoms with E-state index in [-0.39, 0.29) is 5.88 Å². The fourth-order valence-corrected chi connectivity index (χ4v) is 1.45. The Balaban J connectivity index is 2.32. The lowest BCUT2D eigenvalue weighted by atomic mass is 10.1. The van der Waals surface area contributed by atoms with Crippen LogP contribution in [-0.4, -0.2) is 33.3 Å². The molecule has 98 valence electrons. The highest BCUT2D eigenvalue weighted by molar-refractivity contribution is 5.83. The van der Waals surface area contributed by atoms with Gasteiger partial charge in [0.15, 0.2) is 0 Å². The smallest absolute Gasteiger partial charge is 0.412 e. The summed E-state index contributed by atoms with van der Waals surface area (Å²) >= 11 is 0. The van der Waals surface area contributed by atoms with Crippen LogP contribution in [0.4, 0.5) is 10.6 Å². The molecule has 2 rings (SSSR count). The number of nitrogens with zero attached hydrogens (tertiary/aromatic N) is 3. The molecular formula is C12H12N4O3. The van der Waals surface area contributed by atoms with Gasteiger partial charge in [0.2, 0.25) is 5.88 Å². The van der Waals surface area contributed by atoms with E-state index < -0.39 is 6.09 Å². The van der Waals surface area contributed by atoms with Gasteiger partial charge in [-0.25, -0.2) is 19.7 Å². The molecule has 2 N–H and O–H groups in total. The Morgan fingerprint density at radius 1 is 1.32 bits per heavy atom. The summed E-state index contributed by atoms with van der Waals surface area (Å²) in [6.45, 7) is 1.74. The van der Waals surface area contributed by atoms with Crippen molar-refractivity contribution in [2.45, 2.75) is 6.92 Å². The Bertz CT molecular complexity index is 616. The molecule has 0 saturated heterocycles. The summed E-state index contributed by atoms with van der Waals surface area (Å²) in [5.41, 5.74) is 1.93. The van der Waals surface area contributed by atoms with Gasteiger partial charge in [0, 0.05) is 23.4 Å². The van der Waals surface area contributed by atoms with Gasteiger partial charge < -0.3 is 9.84 Å². The largest absolute Gasteiger partial charge is 0.493 e. The van der Waals surface area contributed by atoms with Crippen molar-refractivity contribution in [2.24, 2.45) is 0 Å². The summed E-state index contributed by atoms with van der Waals surface area (Å²) in [6.07, 6.45) is 2.21. The molecule has 0 atom stereocenters. The predicted molar refractivity (Wildman–Crippen MR) is 67.7 cm³/mol. The topological polar surface area (TPSA) is 97.2 Å². The fourth-order valence-electron chi connectivity index (χ4n) is 1.45. The molecule has 0 fully saturated rings. The lowest BCUT2D eigenvalue weighted by Crippen LogP contribution is -2.12. The van der Waals surface area contributed by atoms with Crippen LogP contribution < -0.4 is 5.32 Å². The second kappa shape index (κ2) is 5.30. The number of anilines is 1. The average molecular weight is 260 g/mol. The Morgan fingerprint density at radius 3 is 2.79 bits per heavy atom. The predicted octanol–water partition coefficient (Wildman–Crippen LogP) is 1.73. The first-order chi connectivity index (χ1) is 9.10. The average Bonchev–Trinajstić information content (AvgIpc) is 2.42. The number of aryl methyl sites for hydroxylation is 1. The van der Waals surface area contributed by atoms with E-state index in [1.165, 1.54) is 19.6 Å². The summed E-state index contributed by atoms with van der Waals surface area (Å²) in [4.78, 5) is 22.9. The standard InChI is InChI=1S/C12H12N4O3/c1-7-3-8(5-13-11(7)17)9-4-10(15-6-14-9)16-12(18)19-2/h3-6H,1-2H3,(H,13,17)(H,14,15,16,18). The van der Waals surface area contributed by atoms with E-state index in [2.05, 4.69) is 25.0 Å². The first-order valence-corrected chi connectivity index (χ1v) is 5.43. The normalized spacial score (nSPS) is 10.0. The molecule has 0 aliphatic carbocycles. The maximum Gasteiger partial charge on any atom is 0.412 e. The molecule has 0 radical (unpaired) electrons. The second-order valence-electron chi connectivity index (χ2n) is 3.77. The first-order valence-electron chi connectivity index (χ1n) is 5.43. The zero-order valence-electron chi connectivity index (χ0n) is 10.4.